The van der Waals surface area contributed by atoms with Gasteiger partial charge < -0.3 is 10.8 Å². The Morgan fingerprint density at radius 3 is 2.31 bits per heavy atom. The molecule has 13 heavy (non-hydrogen) atoms. The van der Waals surface area contributed by atoms with Gasteiger partial charge in [-0.15, -0.1) is 0 Å². The average molecular weight is 197 g/mol. The summed E-state index contributed by atoms with van der Waals surface area (Å²) in [5.74, 6) is 2.00. The Morgan fingerprint density at radius 2 is 1.77 bits per heavy atom. The lowest BCUT2D eigenvalue weighted by Crippen LogP contribution is -2.01. The molecule has 0 aliphatic heterocycles. The molecule has 72 valence electrons. The smallest absolute Gasteiger partial charge is 0.0681 e. The van der Waals surface area contributed by atoms with E-state index in [2.05, 4.69) is 12.1 Å². The third kappa shape index (κ3) is 3.81. The minimum atomic E-state index is 0.121. The molecule has 0 aliphatic carbocycles. The van der Waals surface area contributed by atoms with Crippen molar-refractivity contribution in [2.24, 2.45) is 5.73 Å². The molecule has 3 N–H and O–H groups in total. The van der Waals surface area contributed by atoms with Crippen LogP contribution in [0.4, 0.5) is 0 Å². The fourth-order valence-corrected chi connectivity index (χ4v) is 1.75. The maximum absolute atomic E-state index is 8.82. The molecule has 0 saturated heterocycles. The molecule has 0 unspecified atom stereocenters. The summed E-state index contributed by atoms with van der Waals surface area (Å²) in [6.45, 7) is 0.857. The van der Waals surface area contributed by atoms with Gasteiger partial charge in [0.05, 0.1) is 6.61 Å². The van der Waals surface area contributed by atoms with Crippen molar-refractivity contribution >= 4 is 11.8 Å². The van der Waals surface area contributed by atoms with Crippen LogP contribution in [0.2, 0.25) is 0 Å². The van der Waals surface area contributed by atoms with Gasteiger partial charge in [0.25, 0.3) is 0 Å². The minimum absolute atomic E-state index is 0.121. The number of benzene rings is 1. The number of aliphatic hydroxyl groups is 1. The zero-order valence-electron chi connectivity index (χ0n) is 7.57. The molecule has 2 nitrogen and oxygen atoms in total. The molecule has 0 atom stereocenters. The van der Waals surface area contributed by atoms with Crippen molar-refractivity contribution in [3.63, 3.8) is 0 Å². The predicted molar refractivity (Wildman–Crippen MR) is 57.6 cm³/mol. The molecule has 3 heteroatoms. The van der Waals surface area contributed by atoms with Crippen molar-refractivity contribution in [2.75, 3.05) is 12.3 Å². The van der Waals surface area contributed by atoms with Gasteiger partial charge in [0.1, 0.15) is 0 Å². The SMILES string of the molecule is NCCSCc1ccc(CO)cc1. The van der Waals surface area contributed by atoms with Crippen LogP contribution in [0.25, 0.3) is 0 Å². The van der Waals surface area contributed by atoms with E-state index in [0.717, 1.165) is 23.6 Å². The molecule has 0 saturated carbocycles. The lowest BCUT2D eigenvalue weighted by Gasteiger charge is -2.01. The van der Waals surface area contributed by atoms with E-state index in [1.165, 1.54) is 5.56 Å². The lowest BCUT2D eigenvalue weighted by molar-refractivity contribution is 0.282. The topological polar surface area (TPSA) is 46.2 Å². The van der Waals surface area contributed by atoms with E-state index in [9.17, 15) is 0 Å². The first-order valence-corrected chi connectivity index (χ1v) is 5.49. The van der Waals surface area contributed by atoms with Crippen LogP contribution < -0.4 is 5.73 Å². The summed E-state index contributed by atoms with van der Waals surface area (Å²) in [5.41, 5.74) is 7.64. The Kier molecular flexibility index (Phi) is 4.90. The zero-order valence-corrected chi connectivity index (χ0v) is 8.39. The summed E-state index contributed by atoms with van der Waals surface area (Å²) in [4.78, 5) is 0. The highest BCUT2D eigenvalue weighted by molar-refractivity contribution is 7.98. The van der Waals surface area contributed by atoms with Crippen LogP contribution in [0.15, 0.2) is 24.3 Å². The van der Waals surface area contributed by atoms with Crippen LogP contribution in [0, 0.1) is 0 Å². The normalized spacial score (nSPS) is 10.3. The highest BCUT2D eigenvalue weighted by atomic mass is 32.2. The van der Waals surface area contributed by atoms with E-state index in [-0.39, 0.29) is 6.61 Å². The zero-order chi connectivity index (χ0) is 9.52. The van der Waals surface area contributed by atoms with Crippen molar-refractivity contribution < 1.29 is 5.11 Å². The first-order valence-electron chi connectivity index (χ1n) is 4.33. The van der Waals surface area contributed by atoms with E-state index < -0.39 is 0 Å². The van der Waals surface area contributed by atoms with Gasteiger partial charge in [-0.05, 0) is 11.1 Å². The van der Waals surface area contributed by atoms with E-state index in [1.807, 2.05) is 23.9 Å². The molecule has 0 radical (unpaired) electrons. The average Bonchev–Trinajstić information content (AvgIpc) is 2.19. The van der Waals surface area contributed by atoms with Gasteiger partial charge in [0.15, 0.2) is 0 Å². The lowest BCUT2D eigenvalue weighted by atomic mass is 10.2. The number of thioether (sulfide) groups is 1. The van der Waals surface area contributed by atoms with Gasteiger partial charge in [-0.25, -0.2) is 0 Å². The highest BCUT2D eigenvalue weighted by Gasteiger charge is 1.93. The molecule has 0 heterocycles. The predicted octanol–water partition coefficient (Wildman–Crippen LogP) is 1.37. The fraction of sp³-hybridized carbons (Fsp3) is 0.400. The Morgan fingerprint density at radius 1 is 1.15 bits per heavy atom. The third-order valence-electron chi connectivity index (χ3n) is 1.74. The molecule has 1 aromatic rings. The van der Waals surface area contributed by atoms with Crippen molar-refractivity contribution in [1.82, 2.24) is 0 Å². The number of nitrogens with two attached hydrogens (primary N) is 1. The standard InChI is InChI=1S/C10H15NOS/c11-5-6-13-8-10-3-1-9(7-12)2-4-10/h1-4,12H,5-8,11H2. The quantitative estimate of drug-likeness (QED) is 0.701. The molecule has 0 amide bonds. The number of hydrogen-bond acceptors (Lipinski definition) is 3. The molecule has 1 aromatic carbocycles. The second-order valence-corrected chi connectivity index (χ2v) is 3.92. The van der Waals surface area contributed by atoms with E-state index >= 15 is 0 Å². The Bertz CT molecular complexity index is 235. The van der Waals surface area contributed by atoms with Crippen molar-refractivity contribution in [3.8, 4) is 0 Å². The van der Waals surface area contributed by atoms with Gasteiger partial charge >= 0.3 is 0 Å². The van der Waals surface area contributed by atoms with Crippen molar-refractivity contribution in [3.05, 3.63) is 35.4 Å². The molecule has 0 aliphatic rings. The van der Waals surface area contributed by atoms with Crippen LogP contribution in [0.1, 0.15) is 11.1 Å². The molecular formula is C10H15NOS. The number of hydrogen-bond donors (Lipinski definition) is 2. The van der Waals surface area contributed by atoms with Crippen LogP contribution in [0.5, 0.6) is 0 Å². The number of aliphatic hydroxyl groups excluding tert-OH is 1. The first kappa shape index (κ1) is 10.6. The van der Waals surface area contributed by atoms with Crippen LogP contribution in [-0.2, 0) is 12.4 Å². The summed E-state index contributed by atoms with van der Waals surface area (Å²) in [7, 11) is 0. The summed E-state index contributed by atoms with van der Waals surface area (Å²) in [6, 6.07) is 8.01. The van der Waals surface area contributed by atoms with Gasteiger partial charge in [0.2, 0.25) is 0 Å². The molecule has 0 aromatic heterocycles. The van der Waals surface area contributed by atoms with E-state index in [0.29, 0.717) is 0 Å². The van der Waals surface area contributed by atoms with Crippen LogP contribution in [0.3, 0.4) is 0 Å². The van der Waals surface area contributed by atoms with Gasteiger partial charge in [-0.2, -0.15) is 11.8 Å². The van der Waals surface area contributed by atoms with E-state index in [4.69, 9.17) is 10.8 Å². The summed E-state index contributed by atoms with van der Waals surface area (Å²) >= 11 is 1.83. The highest BCUT2D eigenvalue weighted by Crippen LogP contribution is 2.12. The Balaban J connectivity index is 2.40. The largest absolute Gasteiger partial charge is 0.392 e. The Hall–Kier alpha value is -0.510. The van der Waals surface area contributed by atoms with Gasteiger partial charge in [-0.1, -0.05) is 24.3 Å². The molecule has 0 spiro atoms. The summed E-state index contributed by atoms with van der Waals surface area (Å²) in [6.07, 6.45) is 0. The number of rotatable bonds is 5. The van der Waals surface area contributed by atoms with Crippen LogP contribution in [-0.4, -0.2) is 17.4 Å². The molecular weight excluding hydrogens is 182 g/mol. The fourth-order valence-electron chi connectivity index (χ4n) is 1.01. The summed E-state index contributed by atoms with van der Waals surface area (Å²) in [5, 5.41) is 8.82. The van der Waals surface area contributed by atoms with Crippen molar-refractivity contribution in [1.29, 1.82) is 0 Å². The van der Waals surface area contributed by atoms with Gasteiger partial charge in [-0.3, -0.25) is 0 Å². The molecule has 0 bridgehead atoms. The second-order valence-electron chi connectivity index (χ2n) is 2.82. The molecule has 1 rings (SSSR count). The minimum Gasteiger partial charge on any atom is -0.392 e. The molecule has 0 fully saturated rings. The first-order chi connectivity index (χ1) is 6.36. The van der Waals surface area contributed by atoms with Gasteiger partial charge in [0, 0.05) is 18.1 Å². The monoisotopic (exact) mass is 197 g/mol. The maximum Gasteiger partial charge on any atom is 0.0681 e. The van der Waals surface area contributed by atoms with Crippen molar-refractivity contribution in [2.45, 2.75) is 12.4 Å². The van der Waals surface area contributed by atoms with Crippen LogP contribution >= 0.6 is 11.8 Å². The Labute approximate surface area is 83.1 Å². The maximum atomic E-state index is 8.82. The third-order valence-corrected chi connectivity index (χ3v) is 2.80. The van der Waals surface area contributed by atoms with E-state index in [1.54, 1.807) is 0 Å². The second kappa shape index (κ2) is 6.02. The summed E-state index contributed by atoms with van der Waals surface area (Å²) < 4.78 is 0.